The molecule has 80 valence electrons. The number of carboxylic acid groups (broad SMARTS) is 1. The summed E-state index contributed by atoms with van der Waals surface area (Å²) in [4.78, 5) is 12.1. The molecule has 4 heteroatoms. The predicted molar refractivity (Wildman–Crippen MR) is 51.0 cm³/mol. The summed E-state index contributed by atoms with van der Waals surface area (Å²) in [5.41, 5.74) is 0. The van der Waals surface area contributed by atoms with Gasteiger partial charge in [0.2, 0.25) is 0 Å². The van der Waals surface area contributed by atoms with Crippen molar-refractivity contribution in [2.45, 2.75) is 19.3 Å². The summed E-state index contributed by atoms with van der Waals surface area (Å²) in [5.74, 6) is 1.84. The van der Waals surface area contributed by atoms with E-state index in [1.165, 1.54) is 4.90 Å². The minimum absolute atomic E-state index is 0.309. The molecule has 2 fully saturated rings. The fraction of sp³-hybridized carbons (Fsp3) is 0.900. The summed E-state index contributed by atoms with van der Waals surface area (Å²) >= 11 is 0. The Morgan fingerprint density at radius 3 is 2.43 bits per heavy atom. The van der Waals surface area contributed by atoms with Crippen molar-refractivity contribution in [3.63, 3.8) is 0 Å². The molecule has 4 nitrogen and oxygen atoms in total. The van der Waals surface area contributed by atoms with E-state index in [1.54, 1.807) is 0 Å². The van der Waals surface area contributed by atoms with Crippen LogP contribution in [-0.4, -0.2) is 40.9 Å². The van der Waals surface area contributed by atoms with Gasteiger partial charge in [-0.05, 0) is 37.0 Å². The van der Waals surface area contributed by atoms with Crippen LogP contribution in [0.4, 0.5) is 4.79 Å². The highest BCUT2D eigenvalue weighted by Gasteiger charge is 2.43. The van der Waals surface area contributed by atoms with Gasteiger partial charge in [0, 0.05) is 19.7 Å². The number of amides is 1. The number of aliphatic hydroxyl groups excluding tert-OH is 1. The molecule has 0 bridgehead atoms. The minimum atomic E-state index is -0.794. The maximum absolute atomic E-state index is 10.7. The van der Waals surface area contributed by atoms with Crippen molar-refractivity contribution in [2.75, 3.05) is 19.7 Å². The van der Waals surface area contributed by atoms with Crippen molar-refractivity contribution in [3.8, 4) is 0 Å². The van der Waals surface area contributed by atoms with Gasteiger partial charge in [-0.25, -0.2) is 4.79 Å². The Hall–Kier alpha value is -0.770. The summed E-state index contributed by atoms with van der Waals surface area (Å²) in [5, 5.41) is 17.7. The van der Waals surface area contributed by atoms with E-state index in [4.69, 9.17) is 10.2 Å². The van der Waals surface area contributed by atoms with Crippen molar-refractivity contribution in [3.05, 3.63) is 0 Å². The first kappa shape index (κ1) is 9.77. The molecule has 1 saturated heterocycles. The topological polar surface area (TPSA) is 60.8 Å². The molecule has 0 aromatic carbocycles. The van der Waals surface area contributed by atoms with Gasteiger partial charge >= 0.3 is 6.09 Å². The van der Waals surface area contributed by atoms with Gasteiger partial charge in [0.25, 0.3) is 0 Å². The van der Waals surface area contributed by atoms with Crippen LogP contribution < -0.4 is 0 Å². The molecule has 1 amide bonds. The Labute approximate surface area is 83.5 Å². The zero-order chi connectivity index (χ0) is 10.1. The minimum Gasteiger partial charge on any atom is -0.465 e. The number of hydrogen-bond acceptors (Lipinski definition) is 2. The lowest BCUT2D eigenvalue weighted by Gasteiger charge is -2.30. The van der Waals surface area contributed by atoms with E-state index in [2.05, 4.69) is 0 Å². The van der Waals surface area contributed by atoms with Gasteiger partial charge in [-0.1, -0.05) is 0 Å². The van der Waals surface area contributed by atoms with Crippen molar-refractivity contribution < 1.29 is 15.0 Å². The number of nitrogens with zero attached hydrogens (tertiary/aromatic N) is 1. The number of hydrogen-bond donors (Lipinski definition) is 2. The standard InChI is InChI=1S/C10H17NO3/c12-6-8-5-9(8)7-1-3-11(4-2-7)10(13)14/h7-9,12H,1-6H2,(H,13,14)/t8?,9-/m1/s1. The van der Waals surface area contributed by atoms with Crippen LogP contribution in [0.25, 0.3) is 0 Å². The van der Waals surface area contributed by atoms with E-state index in [1.807, 2.05) is 0 Å². The summed E-state index contributed by atoms with van der Waals surface area (Å²) < 4.78 is 0. The number of carbonyl (C=O) groups is 1. The molecule has 2 rings (SSSR count). The van der Waals surface area contributed by atoms with Crippen LogP contribution in [0, 0.1) is 17.8 Å². The van der Waals surface area contributed by atoms with E-state index in [-0.39, 0.29) is 0 Å². The SMILES string of the molecule is O=C(O)N1CCC([C@H]2CC2CO)CC1. The quantitative estimate of drug-likeness (QED) is 0.697. The molecule has 2 aliphatic rings. The first-order valence-corrected chi connectivity index (χ1v) is 5.31. The molecular formula is C10H17NO3. The fourth-order valence-electron chi connectivity index (χ4n) is 2.58. The number of piperidine rings is 1. The zero-order valence-electron chi connectivity index (χ0n) is 8.22. The zero-order valence-corrected chi connectivity index (χ0v) is 8.22. The molecule has 1 heterocycles. The molecule has 2 atom stereocenters. The monoisotopic (exact) mass is 199 g/mol. The molecule has 0 spiro atoms. The molecule has 1 aliphatic heterocycles. The second-order valence-corrected chi connectivity index (χ2v) is 4.45. The summed E-state index contributed by atoms with van der Waals surface area (Å²) in [6.07, 6.45) is 2.31. The average molecular weight is 199 g/mol. The van der Waals surface area contributed by atoms with E-state index >= 15 is 0 Å². The molecule has 14 heavy (non-hydrogen) atoms. The van der Waals surface area contributed by atoms with Crippen molar-refractivity contribution >= 4 is 6.09 Å². The third kappa shape index (κ3) is 1.85. The second-order valence-electron chi connectivity index (χ2n) is 4.45. The van der Waals surface area contributed by atoms with Crippen LogP contribution in [0.3, 0.4) is 0 Å². The Morgan fingerprint density at radius 2 is 2.00 bits per heavy atom. The van der Waals surface area contributed by atoms with Gasteiger partial charge in [0.1, 0.15) is 0 Å². The van der Waals surface area contributed by atoms with Crippen LogP contribution in [0.15, 0.2) is 0 Å². The molecule has 2 N–H and O–H groups in total. The van der Waals surface area contributed by atoms with Gasteiger partial charge < -0.3 is 15.1 Å². The maximum atomic E-state index is 10.7. The van der Waals surface area contributed by atoms with E-state index in [9.17, 15) is 4.79 Å². The first-order valence-electron chi connectivity index (χ1n) is 5.31. The van der Waals surface area contributed by atoms with Crippen LogP contribution in [0.1, 0.15) is 19.3 Å². The Morgan fingerprint density at radius 1 is 1.36 bits per heavy atom. The predicted octanol–water partition coefficient (Wildman–Crippen LogP) is 1.00. The van der Waals surface area contributed by atoms with Crippen LogP contribution in [-0.2, 0) is 0 Å². The van der Waals surface area contributed by atoms with Gasteiger partial charge in [-0.15, -0.1) is 0 Å². The Balaban J connectivity index is 1.77. The highest BCUT2D eigenvalue weighted by Crippen LogP contribution is 2.47. The normalized spacial score (nSPS) is 33.1. The number of likely N-dealkylation sites (tertiary alicyclic amines) is 1. The summed E-state index contributed by atoms with van der Waals surface area (Å²) in [6.45, 7) is 1.66. The molecule has 1 saturated carbocycles. The lowest BCUT2D eigenvalue weighted by atomic mass is 9.91. The van der Waals surface area contributed by atoms with Crippen LogP contribution in [0.2, 0.25) is 0 Å². The highest BCUT2D eigenvalue weighted by atomic mass is 16.4. The smallest absolute Gasteiger partial charge is 0.407 e. The maximum Gasteiger partial charge on any atom is 0.407 e. The molecule has 1 unspecified atom stereocenters. The van der Waals surface area contributed by atoms with Crippen LogP contribution in [0.5, 0.6) is 0 Å². The molecule has 0 radical (unpaired) electrons. The first-order chi connectivity index (χ1) is 6.72. The van der Waals surface area contributed by atoms with Gasteiger partial charge in [-0.3, -0.25) is 0 Å². The summed E-state index contributed by atoms with van der Waals surface area (Å²) in [7, 11) is 0. The van der Waals surface area contributed by atoms with Crippen LogP contribution >= 0.6 is 0 Å². The van der Waals surface area contributed by atoms with Crippen molar-refractivity contribution in [2.24, 2.45) is 17.8 Å². The highest BCUT2D eigenvalue weighted by molar-refractivity contribution is 5.64. The largest absolute Gasteiger partial charge is 0.465 e. The third-order valence-electron chi connectivity index (χ3n) is 3.63. The van der Waals surface area contributed by atoms with E-state index in [0.717, 1.165) is 19.3 Å². The van der Waals surface area contributed by atoms with Crippen molar-refractivity contribution in [1.82, 2.24) is 4.90 Å². The lowest BCUT2D eigenvalue weighted by molar-refractivity contribution is 0.118. The van der Waals surface area contributed by atoms with Gasteiger partial charge in [-0.2, -0.15) is 0 Å². The van der Waals surface area contributed by atoms with Crippen molar-refractivity contribution in [1.29, 1.82) is 0 Å². The fourth-order valence-corrected chi connectivity index (χ4v) is 2.58. The van der Waals surface area contributed by atoms with Gasteiger partial charge in [0.05, 0.1) is 0 Å². The van der Waals surface area contributed by atoms with E-state index in [0.29, 0.717) is 37.5 Å². The summed E-state index contributed by atoms with van der Waals surface area (Å²) in [6, 6.07) is 0. The van der Waals surface area contributed by atoms with E-state index < -0.39 is 6.09 Å². The molecule has 1 aliphatic carbocycles. The second kappa shape index (κ2) is 3.77. The number of aliphatic hydroxyl groups is 1. The molecular weight excluding hydrogens is 182 g/mol. The Bertz CT molecular complexity index is 223. The molecule has 0 aromatic heterocycles. The number of rotatable bonds is 2. The average Bonchev–Trinajstić information content (AvgIpc) is 2.97. The van der Waals surface area contributed by atoms with Gasteiger partial charge in [0.15, 0.2) is 0 Å². The Kier molecular flexibility index (Phi) is 2.63. The lowest BCUT2D eigenvalue weighted by Crippen LogP contribution is -2.38. The molecule has 0 aromatic rings. The third-order valence-corrected chi connectivity index (χ3v) is 3.63.